The van der Waals surface area contributed by atoms with Crippen LogP contribution in [0, 0.1) is 5.41 Å². The van der Waals surface area contributed by atoms with Gasteiger partial charge in [0.2, 0.25) is 5.91 Å². The maximum atomic E-state index is 11.1. The van der Waals surface area contributed by atoms with Gasteiger partial charge in [-0.3, -0.25) is 4.79 Å². The summed E-state index contributed by atoms with van der Waals surface area (Å²) in [6.45, 7) is 0. The number of nitrogens with zero attached hydrogens (tertiary/aromatic N) is 2. The van der Waals surface area contributed by atoms with Crippen LogP contribution in [-0.4, -0.2) is 15.5 Å². The van der Waals surface area contributed by atoms with E-state index in [0.29, 0.717) is 17.0 Å². The standard InChI is InChI=1S/C13H13N3O/c14-12(17)8-1-2-10-9(5-8)15-7-16(10)11-6-13(11)3-4-13/h1-2,5,7,11H,3-4,6H2,(H2,14,17). The Kier molecular flexibility index (Phi) is 1.46. The average Bonchev–Trinajstić information content (AvgIpc) is 3.20. The number of hydrogen-bond donors (Lipinski definition) is 1. The molecule has 1 aromatic carbocycles. The van der Waals surface area contributed by atoms with Gasteiger partial charge in [0.25, 0.3) is 0 Å². The molecule has 1 heterocycles. The van der Waals surface area contributed by atoms with E-state index < -0.39 is 5.91 Å². The van der Waals surface area contributed by atoms with E-state index in [4.69, 9.17) is 5.73 Å². The maximum Gasteiger partial charge on any atom is 0.248 e. The highest BCUT2D eigenvalue weighted by molar-refractivity contribution is 5.96. The van der Waals surface area contributed by atoms with Crippen LogP contribution in [0.3, 0.4) is 0 Å². The Balaban J connectivity index is 1.82. The predicted molar refractivity (Wildman–Crippen MR) is 63.6 cm³/mol. The Morgan fingerprint density at radius 3 is 2.94 bits per heavy atom. The first-order valence-electron chi connectivity index (χ1n) is 5.96. The van der Waals surface area contributed by atoms with Crippen LogP contribution in [0.1, 0.15) is 35.7 Å². The molecular weight excluding hydrogens is 214 g/mol. The molecular formula is C13H13N3O. The molecule has 0 aliphatic heterocycles. The summed E-state index contributed by atoms with van der Waals surface area (Å²) < 4.78 is 2.26. The lowest BCUT2D eigenvalue weighted by molar-refractivity contribution is 0.100. The Labute approximate surface area is 98.4 Å². The fourth-order valence-electron chi connectivity index (χ4n) is 2.85. The number of benzene rings is 1. The summed E-state index contributed by atoms with van der Waals surface area (Å²) in [5.74, 6) is -0.397. The van der Waals surface area contributed by atoms with Crippen LogP contribution in [0.25, 0.3) is 11.0 Å². The first kappa shape index (κ1) is 9.22. The van der Waals surface area contributed by atoms with Crippen molar-refractivity contribution in [3.8, 4) is 0 Å². The number of hydrogen-bond acceptors (Lipinski definition) is 2. The lowest BCUT2D eigenvalue weighted by Crippen LogP contribution is -2.10. The van der Waals surface area contributed by atoms with E-state index in [1.165, 1.54) is 19.3 Å². The minimum atomic E-state index is -0.397. The molecule has 2 N–H and O–H groups in total. The second kappa shape index (κ2) is 2.70. The maximum absolute atomic E-state index is 11.1. The van der Waals surface area contributed by atoms with Gasteiger partial charge in [-0.2, -0.15) is 0 Å². The summed E-state index contributed by atoms with van der Waals surface area (Å²) in [4.78, 5) is 15.5. The van der Waals surface area contributed by atoms with Crippen LogP contribution in [0.2, 0.25) is 0 Å². The summed E-state index contributed by atoms with van der Waals surface area (Å²) in [5, 5.41) is 0. The monoisotopic (exact) mass is 227 g/mol. The highest BCUT2D eigenvalue weighted by Gasteiger charge is 2.63. The van der Waals surface area contributed by atoms with Crippen LogP contribution in [0.4, 0.5) is 0 Å². The topological polar surface area (TPSA) is 60.9 Å². The van der Waals surface area contributed by atoms with Crippen LogP contribution in [-0.2, 0) is 0 Å². The number of fused-ring (bicyclic) bond motifs is 1. The Hall–Kier alpha value is -1.84. The van der Waals surface area contributed by atoms with Crippen molar-refractivity contribution in [1.82, 2.24) is 9.55 Å². The smallest absolute Gasteiger partial charge is 0.248 e. The Bertz CT molecular complexity index is 639. The van der Waals surface area contributed by atoms with Gasteiger partial charge in [0.05, 0.1) is 17.4 Å². The number of carbonyl (C=O) groups is 1. The van der Waals surface area contributed by atoms with Crippen molar-refractivity contribution in [3.63, 3.8) is 0 Å². The van der Waals surface area contributed by atoms with Gasteiger partial charge >= 0.3 is 0 Å². The van der Waals surface area contributed by atoms with Crippen molar-refractivity contribution in [2.24, 2.45) is 11.1 Å². The lowest BCUT2D eigenvalue weighted by atomic mass is 10.2. The molecule has 4 heteroatoms. The van der Waals surface area contributed by atoms with Gasteiger partial charge < -0.3 is 10.3 Å². The molecule has 4 nitrogen and oxygen atoms in total. The molecule has 1 atom stereocenters. The van der Waals surface area contributed by atoms with Crippen LogP contribution in [0.15, 0.2) is 24.5 Å². The van der Waals surface area contributed by atoms with Gasteiger partial charge in [-0.05, 0) is 42.9 Å². The second-order valence-corrected chi connectivity index (χ2v) is 5.30. The number of carbonyl (C=O) groups excluding carboxylic acids is 1. The number of amides is 1. The summed E-state index contributed by atoms with van der Waals surface area (Å²) >= 11 is 0. The largest absolute Gasteiger partial charge is 0.366 e. The van der Waals surface area contributed by atoms with E-state index in [0.717, 1.165) is 11.0 Å². The fraction of sp³-hybridized carbons (Fsp3) is 0.385. The molecule has 86 valence electrons. The minimum Gasteiger partial charge on any atom is -0.366 e. The van der Waals surface area contributed by atoms with E-state index in [9.17, 15) is 4.79 Å². The Morgan fingerprint density at radius 1 is 1.47 bits per heavy atom. The minimum absolute atomic E-state index is 0.397. The van der Waals surface area contributed by atoms with Gasteiger partial charge in [-0.25, -0.2) is 4.98 Å². The van der Waals surface area contributed by atoms with E-state index in [1.807, 2.05) is 12.4 Å². The number of rotatable bonds is 2. The van der Waals surface area contributed by atoms with E-state index in [1.54, 1.807) is 12.1 Å². The molecule has 0 radical (unpaired) electrons. The highest BCUT2D eigenvalue weighted by Crippen LogP contribution is 2.73. The summed E-state index contributed by atoms with van der Waals surface area (Å²) in [5.41, 5.74) is 8.38. The number of imidazole rings is 1. The van der Waals surface area contributed by atoms with Crippen molar-refractivity contribution in [1.29, 1.82) is 0 Å². The number of primary amides is 1. The summed E-state index contributed by atoms with van der Waals surface area (Å²) in [7, 11) is 0. The molecule has 1 spiro atoms. The average molecular weight is 227 g/mol. The molecule has 1 unspecified atom stereocenters. The number of nitrogens with two attached hydrogens (primary N) is 1. The molecule has 2 aliphatic carbocycles. The van der Waals surface area contributed by atoms with Crippen molar-refractivity contribution in [2.45, 2.75) is 25.3 Å². The SMILES string of the molecule is NC(=O)c1ccc2c(c1)ncn2C1CC12CC2. The van der Waals surface area contributed by atoms with E-state index >= 15 is 0 Å². The molecule has 2 fully saturated rings. The number of aromatic nitrogens is 2. The van der Waals surface area contributed by atoms with Crippen molar-refractivity contribution < 1.29 is 4.79 Å². The summed E-state index contributed by atoms with van der Waals surface area (Å²) in [6, 6.07) is 6.14. The summed E-state index contributed by atoms with van der Waals surface area (Å²) in [6.07, 6.45) is 5.90. The van der Waals surface area contributed by atoms with Crippen molar-refractivity contribution >= 4 is 16.9 Å². The van der Waals surface area contributed by atoms with Crippen LogP contribution >= 0.6 is 0 Å². The zero-order valence-corrected chi connectivity index (χ0v) is 9.39. The lowest BCUT2D eigenvalue weighted by Gasteiger charge is -2.02. The van der Waals surface area contributed by atoms with Gasteiger partial charge in [0, 0.05) is 11.6 Å². The van der Waals surface area contributed by atoms with Gasteiger partial charge in [0.1, 0.15) is 0 Å². The first-order valence-corrected chi connectivity index (χ1v) is 5.96. The molecule has 1 amide bonds. The zero-order chi connectivity index (χ0) is 11.6. The van der Waals surface area contributed by atoms with Crippen LogP contribution in [0.5, 0.6) is 0 Å². The van der Waals surface area contributed by atoms with Gasteiger partial charge in [-0.15, -0.1) is 0 Å². The third kappa shape index (κ3) is 1.18. The highest BCUT2D eigenvalue weighted by atomic mass is 16.1. The fourth-order valence-corrected chi connectivity index (χ4v) is 2.85. The van der Waals surface area contributed by atoms with E-state index in [2.05, 4.69) is 9.55 Å². The molecule has 17 heavy (non-hydrogen) atoms. The van der Waals surface area contributed by atoms with Gasteiger partial charge in [0.15, 0.2) is 0 Å². The Morgan fingerprint density at radius 2 is 2.29 bits per heavy atom. The molecule has 2 saturated carbocycles. The third-order valence-corrected chi connectivity index (χ3v) is 4.23. The normalized spacial score (nSPS) is 24.1. The second-order valence-electron chi connectivity index (χ2n) is 5.30. The quantitative estimate of drug-likeness (QED) is 0.851. The van der Waals surface area contributed by atoms with Crippen molar-refractivity contribution in [2.75, 3.05) is 0 Å². The zero-order valence-electron chi connectivity index (χ0n) is 9.39. The molecule has 1 aromatic heterocycles. The third-order valence-electron chi connectivity index (χ3n) is 4.23. The first-order chi connectivity index (χ1) is 8.20. The molecule has 0 bridgehead atoms. The molecule has 2 aromatic rings. The van der Waals surface area contributed by atoms with Gasteiger partial charge in [-0.1, -0.05) is 0 Å². The molecule has 2 aliphatic rings. The molecule has 0 saturated heterocycles. The van der Waals surface area contributed by atoms with Crippen LogP contribution < -0.4 is 5.73 Å². The predicted octanol–water partition coefficient (Wildman–Crippen LogP) is 1.86. The van der Waals surface area contributed by atoms with Crippen molar-refractivity contribution in [3.05, 3.63) is 30.1 Å². The molecule has 4 rings (SSSR count). The van der Waals surface area contributed by atoms with E-state index in [-0.39, 0.29) is 0 Å².